The summed E-state index contributed by atoms with van der Waals surface area (Å²) in [5, 5.41) is 0. The molecule has 0 bridgehead atoms. The summed E-state index contributed by atoms with van der Waals surface area (Å²) < 4.78 is 40.3. The lowest BCUT2D eigenvalue weighted by atomic mass is 10.0. The van der Waals surface area contributed by atoms with Crippen molar-refractivity contribution in [3.63, 3.8) is 0 Å². The highest BCUT2D eigenvalue weighted by Crippen LogP contribution is 2.41. The van der Waals surface area contributed by atoms with Crippen molar-refractivity contribution < 1.29 is 42.7 Å². The lowest BCUT2D eigenvalue weighted by Crippen LogP contribution is -2.25. The van der Waals surface area contributed by atoms with Gasteiger partial charge in [0.2, 0.25) is 0 Å². The molecule has 1 heterocycles. The van der Waals surface area contributed by atoms with Crippen LogP contribution in [0.3, 0.4) is 0 Å². The molecule has 2 aliphatic carbocycles. The van der Waals surface area contributed by atoms with Gasteiger partial charge in [-0.15, -0.1) is 0 Å². The smallest absolute Gasteiger partial charge is 0.342 e. The first-order valence-corrected chi connectivity index (χ1v) is 21.4. The largest absolute Gasteiger partial charge is 0.497 e. The molecule has 332 valence electrons. The Morgan fingerprint density at radius 2 is 1.14 bits per heavy atom. The highest BCUT2D eigenvalue weighted by molar-refractivity contribution is 6.09. The molecule has 2 N–H and O–H groups in total. The van der Waals surface area contributed by atoms with Crippen molar-refractivity contribution in [1.82, 2.24) is 4.98 Å². The number of carbonyl (C=O) groups excluding carboxylic acids is 2. The number of anilines is 1. The van der Waals surface area contributed by atoms with Crippen LogP contribution in [0.5, 0.6) is 34.5 Å². The van der Waals surface area contributed by atoms with Crippen molar-refractivity contribution in [2.45, 2.75) is 86.0 Å². The number of nitrogens with two attached hydrogens (primary N) is 1. The fraction of sp³-hybridized carbons (Fsp3) is 0.365. The number of aromatic nitrogens is 1. The zero-order valence-corrected chi connectivity index (χ0v) is 37.7. The Morgan fingerprint density at radius 1 is 0.683 bits per heavy atom. The second-order valence-electron chi connectivity index (χ2n) is 17.2. The molecular formula is C52H60N2O9. The lowest BCUT2D eigenvalue weighted by Gasteiger charge is -2.21. The zero-order valence-electron chi connectivity index (χ0n) is 37.7. The minimum Gasteiger partial charge on any atom is -0.497 e. The molecule has 2 fully saturated rings. The van der Waals surface area contributed by atoms with Crippen molar-refractivity contribution in [2.75, 3.05) is 33.2 Å². The predicted octanol–water partition coefficient (Wildman–Crippen LogP) is 11.2. The molecule has 0 aliphatic heterocycles. The summed E-state index contributed by atoms with van der Waals surface area (Å²) >= 11 is 0. The van der Waals surface area contributed by atoms with Crippen LogP contribution in [0.1, 0.15) is 97.7 Å². The summed E-state index contributed by atoms with van der Waals surface area (Å²) in [7, 11) is 3.28. The number of ether oxygens (including phenoxy) is 7. The Kier molecular flexibility index (Phi) is 15.4. The van der Waals surface area contributed by atoms with Gasteiger partial charge in [-0.1, -0.05) is 42.0 Å². The van der Waals surface area contributed by atoms with Crippen LogP contribution in [-0.4, -0.2) is 49.8 Å². The third-order valence-corrected chi connectivity index (χ3v) is 10.2. The zero-order chi connectivity index (χ0) is 45.1. The molecular weight excluding hydrogens is 797 g/mol. The molecule has 1 aromatic heterocycles. The minimum absolute atomic E-state index is 0.0915. The summed E-state index contributed by atoms with van der Waals surface area (Å²) in [5.74, 6) is 4.73. The Morgan fingerprint density at radius 3 is 1.60 bits per heavy atom. The fourth-order valence-electron chi connectivity index (χ4n) is 6.50. The maximum Gasteiger partial charge on any atom is 0.342 e. The summed E-state index contributed by atoms with van der Waals surface area (Å²) in [5.41, 5.74) is 11.3. The first-order valence-electron chi connectivity index (χ1n) is 21.4. The van der Waals surface area contributed by atoms with Crippen LogP contribution < -0.4 is 34.2 Å². The lowest BCUT2D eigenvalue weighted by molar-refractivity contribution is 0.00695. The van der Waals surface area contributed by atoms with Crippen molar-refractivity contribution in [1.29, 1.82) is 0 Å². The van der Waals surface area contributed by atoms with Crippen LogP contribution in [0.15, 0.2) is 103 Å². The molecule has 0 saturated heterocycles. The predicted molar refractivity (Wildman–Crippen MR) is 245 cm³/mol. The number of nitrogens with zero attached hydrogens (tertiary/aromatic N) is 1. The van der Waals surface area contributed by atoms with Gasteiger partial charge in [-0.25, -0.2) is 9.78 Å². The standard InChI is InChI=1S/C29H34N2O5.C23H26O4/c1-18-15-22(31-27(30)25(18)28(32)36-29(2,3)4)26-23(34-16-19-9-10-19)7-6-8-24(26)35-17-20-11-13-21(33-5)14-12-20;1-16(2)13-20(24)23-21(26-14-17-7-8-17)5-4-6-22(23)27-15-18-9-11-19(25-3)12-10-18/h6-8,11-15,19H,9-10,16-17H2,1-5H3,(H2,30,31);4-6,9-13,17H,7-8,14-15H2,1-3H3. The van der Waals surface area contributed by atoms with Crippen LogP contribution >= 0.6 is 0 Å². The molecule has 11 heteroatoms. The van der Waals surface area contributed by atoms with Gasteiger partial charge in [0.1, 0.15) is 70.3 Å². The van der Waals surface area contributed by atoms with E-state index in [9.17, 15) is 9.59 Å². The number of benzene rings is 4. The topological polar surface area (TPSA) is 138 Å². The summed E-state index contributed by atoms with van der Waals surface area (Å²) in [4.78, 5) is 30.2. The Bertz CT molecular complexity index is 2350. The number of rotatable bonds is 18. The average molecular weight is 857 g/mol. The van der Waals surface area contributed by atoms with Crippen LogP contribution in [-0.2, 0) is 18.0 Å². The number of hydrogen-bond acceptors (Lipinski definition) is 11. The molecule has 2 aliphatic rings. The Balaban J connectivity index is 0.000000219. The van der Waals surface area contributed by atoms with E-state index in [2.05, 4.69) is 4.98 Å². The van der Waals surface area contributed by atoms with E-state index in [1.807, 2.05) is 133 Å². The molecule has 2 saturated carbocycles. The number of methoxy groups -OCH3 is 2. The SMILES string of the molecule is COc1ccc(COc2cccc(OCC3CC3)c2-c2cc(C)c(C(=O)OC(C)(C)C)c(N)n2)cc1.COc1ccc(COc2cccc(OCC3CC3)c2C(=O)C=C(C)C)cc1. The second kappa shape index (κ2) is 21.1. The molecule has 63 heavy (non-hydrogen) atoms. The maximum absolute atomic E-state index is 12.8. The van der Waals surface area contributed by atoms with E-state index in [1.54, 1.807) is 20.3 Å². The average Bonchev–Trinajstić information content (AvgIpc) is 4.20. The molecule has 0 unspecified atom stereocenters. The molecule has 4 aromatic carbocycles. The molecule has 5 aromatic rings. The maximum atomic E-state index is 12.8. The van der Waals surface area contributed by atoms with E-state index in [4.69, 9.17) is 38.9 Å². The molecule has 11 nitrogen and oxygen atoms in total. The number of hydrogen-bond donors (Lipinski definition) is 1. The van der Waals surface area contributed by atoms with E-state index < -0.39 is 11.6 Å². The molecule has 0 amide bonds. The Labute approximate surface area is 371 Å². The summed E-state index contributed by atoms with van der Waals surface area (Å²) in [6, 6.07) is 28.5. The van der Waals surface area contributed by atoms with Gasteiger partial charge in [-0.2, -0.15) is 0 Å². The van der Waals surface area contributed by atoms with Gasteiger partial charge in [0.05, 0.1) is 38.7 Å². The second-order valence-corrected chi connectivity index (χ2v) is 17.2. The van der Waals surface area contributed by atoms with Crippen molar-refractivity contribution in [3.8, 4) is 45.8 Å². The number of nitrogen functional groups attached to an aromatic ring is 1. The first-order chi connectivity index (χ1) is 30.2. The Hall–Kier alpha value is -6.49. The van der Waals surface area contributed by atoms with Gasteiger partial charge in [0, 0.05) is 0 Å². The molecule has 0 atom stereocenters. The van der Waals surface area contributed by atoms with Gasteiger partial charge in [0.15, 0.2) is 5.78 Å². The fourth-order valence-corrected chi connectivity index (χ4v) is 6.50. The van der Waals surface area contributed by atoms with Crippen LogP contribution in [0, 0.1) is 18.8 Å². The van der Waals surface area contributed by atoms with Gasteiger partial charge < -0.3 is 38.9 Å². The monoisotopic (exact) mass is 856 g/mol. The summed E-state index contributed by atoms with van der Waals surface area (Å²) in [6.07, 6.45) is 6.38. The number of pyridine rings is 1. The van der Waals surface area contributed by atoms with Crippen LogP contribution in [0.25, 0.3) is 11.3 Å². The van der Waals surface area contributed by atoms with E-state index in [1.165, 1.54) is 25.7 Å². The van der Waals surface area contributed by atoms with E-state index in [0.29, 0.717) is 83.6 Å². The normalized spacial score (nSPS) is 13.1. The van der Waals surface area contributed by atoms with Crippen molar-refractivity contribution in [3.05, 3.63) is 130 Å². The highest BCUT2D eigenvalue weighted by atomic mass is 16.6. The van der Waals surface area contributed by atoms with Gasteiger partial charge in [-0.3, -0.25) is 4.79 Å². The van der Waals surface area contributed by atoms with Crippen molar-refractivity contribution >= 4 is 17.6 Å². The third-order valence-electron chi connectivity index (χ3n) is 10.2. The van der Waals surface area contributed by atoms with E-state index >= 15 is 0 Å². The number of allylic oxidation sites excluding steroid dienone is 2. The van der Waals surface area contributed by atoms with Gasteiger partial charge in [0.25, 0.3) is 0 Å². The first kappa shape index (κ1) is 46.0. The van der Waals surface area contributed by atoms with Crippen LogP contribution in [0.4, 0.5) is 5.82 Å². The number of aryl methyl sites for hydroxylation is 1. The number of carbonyl (C=O) groups is 2. The number of ketones is 1. The molecule has 0 spiro atoms. The minimum atomic E-state index is -0.639. The quantitative estimate of drug-likeness (QED) is 0.0512. The molecule has 7 rings (SSSR count). The van der Waals surface area contributed by atoms with Crippen LogP contribution in [0.2, 0.25) is 0 Å². The molecule has 0 radical (unpaired) electrons. The third kappa shape index (κ3) is 13.5. The van der Waals surface area contributed by atoms with Gasteiger partial charge >= 0.3 is 5.97 Å². The highest BCUT2D eigenvalue weighted by Gasteiger charge is 2.27. The van der Waals surface area contributed by atoms with E-state index in [0.717, 1.165) is 28.2 Å². The summed E-state index contributed by atoms with van der Waals surface area (Å²) in [6.45, 7) is 13.1. The van der Waals surface area contributed by atoms with Crippen molar-refractivity contribution in [2.24, 2.45) is 11.8 Å². The number of esters is 1. The van der Waals surface area contributed by atoms with E-state index in [-0.39, 0.29) is 17.2 Å². The van der Waals surface area contributed by atoms with Gasteiger partial charge in [-0.05, 0) is 156 Å².